The van der Waals surface area contributed by atoms with Gasteiger partial charge < -0.3 is 14.8 Å². The molecule has 0 aromatic carbocycles. The lowest BCUT2D eigenvalue weighted by molar-refractivity contribution is 0.0953. The average molecular weight is 306 g/mol. The van der Waals surface area contributed by atoms with Crippen molar-refractivity contribution < 1.29 is 14.3 Å². The van der Waals surface area contributed by atoms with E-state index in [0.717, 1.165) is 6.42 Å². The lowest BCUT2D eigenvalue weighted by atomic mass is 10.2. The second-order valence-electron chi connectivity index (χ2n) is 4.31. The van der Waals surface area contributed by atoms with Crippen LogP contribution in [0, 0.1) is 0 Å². The van der Waals surface area contributed by atoms with Crippen molar-refractivity contribution in [1.29, 1.82) is 0 Å². The van der Waals surface area contributed by atoms with Gasteiger partial charge in [-0.2, -0.15) is 0 Å². The quantitative estimate of drug-likeness (QED) is 0.759. The molecule has 0 saturated heterocycles. The Bertz CT molecular complexity index is 558. The molecule has 0 radical (unpaired) electrons. The van der Waals surface area contributed by atoms with Crippen LogP contribution in [0.3, 0.4) is 0 Å². The van der Waals surface area contributed by atoms with Gasteiger partial charge in [-0.05, 0) is 23.9 Å². The number of carbonyl (C=O) groups is 1. The summed E-state index contributed by atoms with van der Waals surface area (Å²) in [5, 5.41) is 4.92. The van der Waals surface area contributed by atoms with Gasteiger partial charge in [-0.1, -0.05) is 6.07 Å². The molecule has 21 heavy (non-hydrogen) atoms. The van der Waals surface area contributed by atoms with E-state index < -0.39 is 0 Å². The molecule has 1 amide bonds. The summed E-state index contributed by atoms with van der Waals surface area (Å²) in [5.74, 6) is 0.309. The van der Waals surface area contributed by atoms with Crippen molar-refractivity contribution in [1.82, 2.24) is 10.3 Å². The Morgan fingerprint density at radius 3 is 3.05 bits per heavy atom. The summed E-state index contributed by atoms with van der Waals surface area (Å²) >= 11 is 1.69. The lowest BCUT2D eigenvalue weighted by Crippen LogP contribution is -2.25. The van der Waals surface area contributed by atoms with E-state index in [9.17, 15) is 4.79 Å². The summed E-state index contributed by atoms with van der Waals surface area (Å²) in [4.78, 5) is 17.4. The number of carbonyl (C=O) groups excluding carboxylic acids is 1. The summed E-state index contributed by atoms with van der Waals surface area (Å²) in [5.41, 5.74) is 0.545. The van der Waals surface area contributed by atoms with E-state index in [4.69, 9.17) is 9.47 Å². The first-order valence-corrected chi connectivity index (χ1v) is 7.56. The Balaban J connectivity index is 1.82. The normalized spacial score (nSPS) is 10.3. The molecule has 1 N–H and O–H groups in total. The Morgan fingerprint density at radius 2 is 2.29 bits per heavy atom. The van der Waals surface area contributed by atoms with Crippen LogP contribution in [0.4, 0.5) is 0 Å². The van der Waals surface area contributed by atoms with Gasteiger partial charge in [-0.25, -0.2) is 4.98 Å². The van der Waals surface area contributed by atoms with Crippen LogP contribution in [0.15, 0.2) is 35.8 Å². The van der Waals surface area contributed by atoms with Crippen molar-refractivity contribution in [2.45, 2.75) is 6.42 Å². The minimum Gasteiger partial charge on any atom is -0.475 e. The molecule has 0 aliphatic rings. The SMILES string of the molecule is COCCOc1cc(C(=O)NCCc2cccs2)ccn1. The third kappa shape index (κ3) is 5.17. The molecular formula is C15H18N2O3S. The Labute approximate surface area is 127 Å². The Morgan fingerprint density at radius 1 is 1.38 bits per heavy atom. The van der Waals surface area contributed by atoms with Gasteiger partial charge >= 0.3 is 0 Å². The van der Waals surface area contributed by atoms with Crippen LogP contribution in [0.5, 0.6) is 5.88 Å². The van der Waals surface area contributed by atoms with Crippen molar-refractivity contribution >= 4 is 17.2 Å². The summed E-state index contributed by atoms with van der Waals surface area (Å²) in [6, 6.07) is 7.37. The average Bonchev–Trinajstić information content (AvgIpc) is 3.01. The molecule has 0 aliphatic carbocycles. The van der Waals surface area contributed by atoms with Gasteiger partial charge in [-0.3, -0.25) is 4.79 Å². The Hall–Kier alpha value is -1.92. The highest BCUT2D eigenvalue weighted by molar-refractivity contribution is 7.09. The molecule has 6 heteroatoms. The number of aromatic nitrogens is 1. The molecule has 0 saturated carbocycles. The second kappa shape index (κ2) is 8.39. The van der Waals surface area contributed by atoms with Crippen molar-refractivity contribution in [2.24, 2.45) is 0 Å². The second-order valence-corrected chi connectivity index (χ2v) is 5.34. The van der Waals surface area contributed by atoms with Gasteiger partial charge in [-0.15, -0.1) is 11.3 Å². The molecule has 5 nitrogen and oxygen atoms in total. The van der Waals surface area contributed by atoms with E-state index in [-0.39, 0.29) is 5.91 Å². The van der Waals surface area contributed by atoms with Crippen LogP contribution in [-0.4, -0.2) is 37.8 Å². The zero-order valence-corrected chi connectivity index (χ0v) is 12.7. The van der Waals surface area contributed by atoms with Crippen LogP contribution in [0.1, 0.15) is 15.2 Å². The van der Waals surface area contributed by atoms with Gasteiger partial charge in [0.25, 0.3) is 5.91 Å². The van der Waals surface area contributed by atoms with Crippen molar-refractivity contribution in [2.75, 3.05) is 26.9 Å². The fourth-order valence-electron chi connectivity index (χ4n) is 1.72. The first-order valence-electron chi connectivity index (χ1n) is 6.68. The fraction of sp³-hybridized carbons (Fsp3) is 0.333. The van der Waals surface area contributed by atoms with Gasteiger partial charge in [0.15, 0.2) is 0 Å². The summed E-state index contributed by atoms with van der Waals surface area (Å²) < 4.78 is 10.3. The number of hydrogen-bond donors (Lipinski definition) is 1. The molecule has 0 aliphatic heterocycles. The third-order valence-corrected chi connectivity index (χ3v) is 3.71. The molecular weight excluding hydrogens is 288 g/mol. The number of thiophene rings is 1. The monoisotopic (exact) mass is 306 g/mol. The summed E-state index contributed by atoms with van der Waals surface area (Å²) in [6.45, 7) is 1.51. The number of methoxy groups -OCH3 is 1. The van der Waals surface area contributed by atoms with Gasteiger partial charge in [0.05, 0.1) is 6.61 Å². The predicted molar refractivity (Wildman–Crippen MR) is 82.0 cm³/mol. The standard InChI is InChI=1S/C15H18N2O3S/c1-19-8-9-20-14-11-12(4-6-16-14)15(18)17-7-5-13-3-2-10-21-13/h2-4,6,10-11H,5,7-9H2,1H3,(H,17,18). The van der Waals surface area contributed by atoms with Crippen LogP contribution in [0.2, 0.25) is 0 Å². The molecule has 0 spiro atoms. The fourth-order valence-corrected chi connectivity index (χ4v) is 2.42. The maximum Gasteiger partial charge on any atom is 0.251 e. The predicted octanol–water partition coefficient (Wildman–Crippen LogP) is 2.14. The number of amides is 1. The van der Waals surface area contributed by atoms with Gasteiger partial charge in [0, 0.05) is 36.4 Å². The van der Waals surface area contributed by atoms with Crippen molar-refractivity contribution in [3.8, 4) is 5.88 Å². The van der Waals surface area contributed by atoms with Crippen molar-refractivity contribution in [3.63, 3.8) is 0 Å². The maximum absolute atomic E-state index is 12.0. The zero-order valence-electron chi connectivity index (χ0n) is 11.9. The highest BCUT2D eigenvalue weighted by Gasteiger charge is 2.07. The van der Waals surface area contributed by atoms with E-state index in [1.807, 2.05) is 11.4 Å². The van der Waals surface area contributed by atoms with Gasteiger partial charge in [0.2, 0.25) is 5.88 Å². The maximum atomic E-state index is 12.0. The number of hydrogen-bond acceptors (Lipinski definition) is 5. The molecule has 0 atom stereocenters. The topological polar surface area (TPSA) is 60.5 Å². The van der Waals surface area contributed by atoms with Crippen LogP contribution >= 0.6 is 11.3 Å². The number of ether oxygens (including phenoxy) is 2. The molecule has 2 aromatic heterocycles. The number of rotatable bonds is 8. The zero-order chi connectivity index (χ0) is 14.9. The summed E-state index contributed by atoms with van der Waals surface area (Å²) in [6.07, 6.45) is 2.40. The highest BCUT2D eigenvalue weighted by Crippen LogP contribution is 2.10. The van der Waals surface area contributed by atoms with E-state index >= 15 is 0 Å². The minimum absolute atomic E-state index is 0.120. The van der Waals surface area contributed by atoms with Crippen LogP contribution in [0.25, 0.3) is 0 Å². The highest BCUT2D eigenvalue weighted by atomic mass is 32.1. The summed E-state index contributed by atoms with van der Waals surface area (Å²) in [7, 11) is 1.61. The van der Waals surface area contributed by atoms with E-state index in [0.29, 0.717) is 31.2 Å². The molecule has 2 rings (SSSR count). The largest absolute Gasteiger partial charge is 0.475 e. The number of nitrogens with one attached hydrogen (secondary N) is 1. The number of pyridine rings is 1. The number of nitrogens with zero attached hydrogens (tertiary/aromatic N) is 1. The minimum atomic E-state index is -0.120. The van der Waals surface area contributed by atoms with Crippen LogP contribution < -0.4 is 10.1 Å². The van der Waals surface area contributed by atoms with Gasteiger partial charge in [0.1, 0.15) is 6.61 Å². The molecule has 0 bridgehead atoms. The lowest BCUT2D eigenvalue weighted by Gasteiger charge is -2.07. The van der Waals surface area contributed by atoms with E-state index in [2.05, 4.69) is 16.4 Å². The molecule has 0 unspecified atom stereocenters. The first-order chi connectivity index (χ1) is 10.3. The van der Waals surface area contributed by atoms with Crippen molar-refractivity contribution in [3.05, 3.63) is 46.3 Å². The molecule has 2 aromatic rings. The molecule has 2 heterocycles. The Kier molecular flexibility index (Phi) is 6.18. The molecule has 0 fully saturated rings. The third-order valence-electron chi connectivity index (χ3n) is 2.77. The van der Waals surface area contributed by atoms with E-state index in [1.165, 1.54) is 4.88 Å². The van der Waals surface area contributed by atoms with Crippen LogP contribution in [-0.2, 0) is 11.2 Å². The smallest absolute Gasteiger partial charge is 0.251 e. The molecule has 112 valence electrons. The first kappa shape index (κ1) is 15.5. The van der Waals surface area contributed by atoms with E-state index in [1.54, 1.807) is 36.8 Å².